The van der Waals surface area contributed by atoms with E-state index in [9.17, 15) is 9.59 Å². The molecule has 1 rings (SSSR count). The number of carboxylic acids is 1. The molecule has 19 heavy (non-hydrogen) atoms. The largest absolute Gasteiger partial charge is 0.496 e. The Hall–Kier alpha value is -2.04. The fourth-order valence-electron chi connectivity index (χ4n) is 1.84. The maximum Gasteiger partial charge on any atom is 0.303 e. The Kier molecular flexibility index (Phi) is 5.85. The molecule has 0 aliphatic rings. The Morgan fingerprint density at radius 2 is 2.00 bits per heavy atom. The first-order valence-electron chi connectivity index (χ1n) is 6.22. The molecule has 0 aromatic heterocycles. The number of carbonyl (C=O) groups excluding carboxylic acids is 1. The normalized spacial score (nSPS) is 11.7. The van der Waals surface area contributed by atoms with Gasteiger partial charge in [0.15, 0.2) is 0 Å². The van der Waals surface area contributed by atoms with Gasteiger partial charge < -0.3 is 15.2 Å². The van der Waals surface area contributed by atoms with Crippen LogP contribution < -0.4 is 10.1 Å². The minimum absolute atomic E-state index is 0.0129. The standard InChI is InChI=1S/C14H19NO4/c1-3-11(15-13(16)8-9-14(17)18)10-6-4-5-7-12(10)19-2/h4-7,11H,3,8-9H2,1-2H3,(H,15,16)(H,17,18). The highest BCUT2D eigenvalue weighted by Crippen LogP contribution is 2.26. The second kappa shape index (κ2) is 7.41. The SMILES string of the molecule is CCC(NC(=O)CCC(=O)O)c1ccccc1OC. The fraction of sp³-hybridized carbons (Fsp3) is 0.429. The van der Waals surface area contributed by atoms with Crippen LogP contribution in [0.3, 0.4) is 0 Å². The van der Waals surface area contributed by atoms with Crippen molar-refractivity contribution in [3.05, 3.63) is 29.8 Å². The van der Waals surface area contributed by atoms with E-state index in [2.05, 4.69) is 5.32 Å². The molecule has 1 aromatic carbocycles. The summed E-state index contributed by atoms with van der Waals surface area (Å²) in [7, 11) is 1.58. The third kappa shape index (κ3) is 4.62. The number of hydrogen-bond acceptors (Lipinski definition) is 3. The van der Waals surface area contributed by atoms with Gasteiger partial charge in [-0.15, -0.1) is 0 Å². The van der Waals surface area contributed by atoms with Crippen LogP contribution in [-0.2, 0) is 9.59 Å². The van der Waals surface area contributed by atoms with Crippen LogP contribution in [0.1, 0.15) is 37.8 Å². The van der Waals surface area contributed by atoms with Gasteiger partial charge in [0.05, 0.1) is 19.6 Å². The highest BCUT2D eigenvalue weighted by molar-refractivity contribution is 5.81. The summed E-state index contributed by atoms with van der Waals surface area (Å²) in [4.78, 5) is 22.1. The second-order valence-corrected chi connectivity index (χ2v) is 4.16. The van der Waals surface area contributed by atoms with Crippen LogP contribution in [0.5, 0.6) is 5.75 Å². The molecule has 0 aliphatic carbocycles. The fourth-order valence-corrected chi connectivity index (χ4v) is 1.84. The number of carboxylic acid groups (broad SMARTS) is 1. The van der Waals surface area contributed by atoms with E-state index < -0.39 is 5.97 Å². The Bertz CT molecular complexity index is 445. The molecule has 0 radical (unpaired) electrons. The monoisotopic (exact) mass is 265 g/mol. The zero-order valence-corrected chi connectivity index (χ0v) is 11.2. The van der Waals surface area contributed by atoms with E-state index in [1.165, 1.54) is 0 Å². The Morgan fingerprint density at radius 3 is 2.58 bits per heavy atom. The maximum atomic E-state index is 11.7. The predicted octanol–water partition coefficient (Wildman–Crippen LogP) is 2.13. The van der Waals surface area contributed by atoms with E-state index in [1.54, 1.807) is 7.11 Å². The smallest absolute Gasteiger partial charge is 0.303 e. The highest BCUT2D eigenvalue weighted by atomic mass is 16.5. The van der Waals surface area contributed by atoms with Gasteiger partial charge in [-0.3, -0.25) is 9.59 Å². The second-order valence-electron chi connectivity index (χ2n) is 4.16. The molecule has 2 N–H and O–H groups in total. The summed E-state index contributed by atoms with van der Waals surface area (Å²) >= 11 is 0. The molecule has 1 aromatic rings. The number of rotatable bonds is 7. The van der Waals surface area contributed by atoms with E-state index in [4.69, 9.17) is 9.84 Å². The number of ether oxygens (including phenoxy) is 1. The molecule has 0 fully saturated rings. The van der Waals surface area contributed by atoms with Gasteiger partial charge in [-0.25, -0.2) is 0 Å². The van der Waals surface area contributed by atoms with Crippen LogP contribution >= 0.6 is 0 Å². The Morgan fingerprint density at radius 1 is 1.32 bits per heavy atom. The van der Waals surface area contributed by atoms with Crippen molar-refractivity contribution in [1.82, 2.24) is 5.32 Å². The zero-order valence-electron chi connectivity index (χ0n) is 11.2. The number of amides is 1. The molecule has 0 bridgehead atoms. The van der Waals surface area contributed by atoms with E-state index in [0.717, 1.165) is 5.56 Å². The van der Waals surface area contributed by atoms with Crippen molar-refractivity contribution in [2.24, 2.45) is 0 Å². The summed E-state index contributed by atoms with van der Waals surface area (Å²) < 4.78 is 5.26. The lowest BCUT2D eigenvalue weighted by molar-refractivity contribution is -0.138. The number of benzene rings is 1. The molecule has 0 aliphatic heterocycles. The quantitative estimate of drug-likeness (QED) is 0.792. The molecular weight excluding hydrogens is 246 g/mol. The first kappa shape index (κ1) is 15.0. The summed E-state index contributed by atoms with van der Waals surface area (Å²) in [6.07, 6.45) is 0.536. The molecule has 5 nitrogen and oxygen atoms in total. The van der Waals surface area contributed by atoms with E-state index in [-0.39, 0.29) is 24.8 Å². The van der Waals surface area contributed by atoms with Crippen molar-refractivity contribution < 1.29 is 19.4 Å². The lowest BCUT2D eigenvalue weighted by atomic mass is 10.0. The lowest BCUT2D eigenvalue weighted by Gasteiger charge is -2.19. The number of methoxy groups -OCH3 is 1. The third-order valence-corrected chi connectivity index (χ3v) is 2.82. The molecule has 5 heteroatoms. The van der Waals surface area contributed by atoms with Crippen molar-refractivity contribution in [2.75, 3.05) is 7.11 Å². The third-order valence-electron chi connectivity index (χ3n) is 2.82. The highest BCUT2D eigenvalue weighted by Gasteiger charge is 2.16. The van der Waals surface area contributed by atoms with Crippen molar-refractivity contribution in [1.29, 1.82) is 0 Å². The van der Waals surface area contributed by atoms with Gasteiger partial charge in [0.2, 0.25) is 5.91 Å². The molecule has 1 amide bonds. The first-order chi connectivity index (χ1) is 9.08. The molecule has 104 valence electrons. The van der Waals surface area contributed by atoms with Crippen LogP contribution in [0.2, 0.25) is 0 Å². The molecular formula is C14H19NO4. The average molecular weight is 265 g/mol. The summed E-state index contributed by atoms with van der Waals surface area (Å²) in [5.74, 6) is -0.520. The zero-order chi connectivity index (χ0) is 14.3. The minimum atomic E-state index is -0.972. The van der Waals surface area contributed by atoms with Crippen LogP contribution in [-0.4, -0.2) is 24.1 Å². The van der Waals surface area contributed by atoms with Crippen LogP contribution in [0.25, 0.3) is 0 Å². The van der Waals surface area contributed by atoms with Crippen molar-refractivity contribution in [2.45, 2.75) is 32.2 Å². The molecule has 0 saturated carbocycles. The van der Waals surface area contributed by atoms with Gasteiger partial charge in [-0.1, -0.05) is 25.1 Å². The molecule has 0 heterocycles. The lowest BCUT2D eigenvalue weighted by Crippen LogP contribution is -2.28. The van der Waals surface area contributed by atoms with Gasteiger partial charge >= 0.3 is 5.97 Å². The van der Waals surface area contributed by atoms with Crippen LogP contribution in [0, 0.1) is 0 Å². The number of hydrogen-bond donors (Lipinski definition) is 2. The van der Waals surface area contributed by atoms with Crippen LogP contribution in [0.4, 0.5) is 0 Å². The Labute approximate surface area is 112 Å². The van der Waals surface area contributed by atoms with Crippen molar-refractivity contribution in [3.63, 3.8) is 0 Å². The van der Waals surface area contributed by atoms with E-state index >= 15 is 0 Å². The van der Waals surface area contributed by atoms with Gasteiger partial charge in [0.25, 0.3) is 0 Å². The topological polar surface area (TPSA) is 75.6 Å². The minimum Gasteiger partial charge on any atom is -0.496 e. The van der Waals surface area contributed by atoms with Crippen molar-refractivity contribution in [3.8, 4) is 5.75 Å². The van der Waals surface area contributed by atoms with Gasteiger partial charge in [-0.05, 0) is 12.5 Å². The molecule has 0 saturated heterocycles. The number of para-hydroxylation sites is 1. The first-order valence-corrected chi connectivity index (χ1v) is 6.22. The average Bonchev–Trinajstić information content (AvgIpc) is 2.42. The molecule has 1 atom stereocenters. The van der Waals surface area contributed by atoms with Crippen molar-refractivity contribution >= 4 is 11.9 Å². The van der Waals surface area contributed by atoms with E-state index in [1.807, 2.05) is 31.2 Å². The summed E-state index contributed by atoms with van der Waals surface area (Å²) in [6, 6.07) is 7.30. The number of nitrogens with one attached hydrogen (secondary N) is 1. The predicted molar refractivity (Wildman–Crippen MR) is 71.0 cm³/mol. The summed E-state index contributed by atoms with van der Waals surface area (Å²) in [5.41, 5.74) is 0.899. The van der Waals surface area contributed by atoms with Gasteiger partial charge in [0, 0.05) is 12.0 Å². The Balaban J connectivity index is 2.72. The maximum absolute atomic E-state index is 11.7. The molecule has 0 spiro atoms. The molecule has 1 unspecified atom stereocenters. The summed E-state index contributed by atoms with van der Waals surface area (Å²) in [5, 5.41) is 11.4. The number of carbonyl (C=O) groups is 2. The van der Waals surface area contributed by atoms with Crippen LogP contribution in [0.15, 0.2) is 24.3 Å². The van der Waals surface area contributed by atoms with E-state index in [0.29, 0.717) is 12.2 Å². The van der Waals surface area contributed by atoms with Gasteiger partial charge in [0.1, 0.15) is 5.75 Å². The summed E-state index contributed by atoms with van der Waals surface area (Å²) in [6.45, 7) is 1.95. The van der Waals surface area contributed by atoms with Gasteiger partial charge in [-0.2, -0.15) is 0 Å². The number of aliphatic carboxylic acids is 1.